The van der Waals surface area contributed by atoms with Crippen molar-refractivity contribution in [3.05, 3.63) is 89.8 Å². The molecule has 156 valence electrons. The Labute approximate surface area is 177 Å². The van der Waals surface area contributed by atoms with Gasteiger partial charge in [0.05, 0.1) is 5.56 Å². The second-order valence-corrected chi connectivity index (χ2v) is 6.94. The van der Waals surface area contributed by atoms with E-state index in [1.807, 2.05) is 13.0 Å². The van der Waals surface area contributed by atoms with Gasteiger partial charge in [0, 0.05) is 42.8 Å². The van der Waals surface area contributed by atoms with Gasteiger partial charge < -0.3 is 10.1 Å². The molecule has 0 atom stereocenters. The Morgan fingerprint density at radius 3 is 2.52 bits per heavy atom. The van der Waals surface area contributed by atoms with Crippen LogP contribution in [0.4, 0.5) is 14.5 Å². The molecule has 2 heterocycles. The summed E-state index contributed by atoms with van der Waals surface area (Å²) in [6.45, 7) is 1.94. The van der Waals surface area contributed by atoms with Crippen LogP contribution in [-0.2, 0) is 7.05 Å². The third-order valence-electron chi connectivity index (χ3n) is 4.48. The van der Waals surface area contributed by atoms with Crippen LogP contribution in [0.1, 0.15) is 15.9 Å². The predicted molar refractivity (Wildman–Crippen MR) is 112 cm³/mol. The molecule has 0 unspecified atom stereocenters. The van der Waals surface area contributed by atoms with Crippen LogP contribution in [0.2, 0.25) is 0 Å². The van der Waals surface area contributed by atoms with E-state index >= 15 is 0 Å². The third kappa shape index (κ3) is 4.58. The number of aryl methyl sites for hydroxylation is 2. The minimum absolute atomic E-state index is 0.0431. The summed E-state index contributed by atoms with van der Waals surface area (Å²) < 4.78 is 34.5. The van der Waals surface area contributed by atoms with Crippen molar-refractivity contribution in [2.75, 3.05) is 5.32 Å². The van der Waals surface area contributed by atoms with Gasteiger partial charge in [-0.1, -0.05) is 6.07 Å². The fourth-order valence-electron chi connectivity index (χ4n) is 2.98. The number of nitrogens with one attached hydrogen (secondary N) is 1. The first-order valence-corrected chi connectivity index (χ1v) is 9.40. The van der Waals surface area contributed by atoms with Gasteiger partial charge in [-0.3, -0.25) is 9.48 Å². The standard InChI is InChI=1S/C23H18F2N4O2/c1-14-3-10-21(26-12-14)31-17-7-5-16(6-8-17)27-23(30)19-13-29(2)28-22(19)18-9-4-15(24)11-20(18)25/h3-13H,1-2H3,(H,27,30). The smallest absolute Gasteiger partial charge is 0.259 e. The lowest BCUT2D eigenvalue weighted by molar-refractivity contribution is 0.102. The van der Waals surface area contributed by atoms with Crippen molar-refractivity contribution in [3.63, 3.8) is 0 Å². The number of hydrogen-bond donors (Lipinski definition) is 1. The van der Waals surface area contributed by atoms with Gasteiger partial charge in [0.15, 0.2) is 0 Å². The van der Waals surface area contributed by atoms with Gasteiger partial charge in [-0.15, -0.1) is 0 Å². The van der Waals surface area contributed by atoms with Crippen molar-refractivity contribution in [1.29, 1.82) is 0 Å². The summed E-state index contributed by atoms with van der Waals surface area (Å²) in [7, 11) is 1.62. The number of benzene rings is 2. The zero-order valence-corrected chi connectivity index (χ0v) is 16.8. The molecule has 1 amide bonds. The maximum atomic E-state index is 14.2. The molecule has 0 saturated heterocycles. The van der Waals surface area contributed by atoms with E-state index in [1.165, 1.54) is 16.9 Å². The van der Waals surface area contributed by atoms with E-state index in [2.05, 4.69) is 15.4 Å². The molecule has 0 aliphatic carbocycles. The highest BCUT2D eigenvalue weighted by Crippen LogP contribution is 2.27. The molecule has 2 aromatic carbocycles. The van der Waals surface area contributed by atoms with Gasteiger partial charge >= 0.3 is 0 Å². The lowest BCUT2D eigenvalue weighted by Gasteiger charge is -2.08. The minimum atomic E-state index is -0.793. The molecule has 8 heteroatoms. The van der Waals surface area contributed by atoms with Crippen molar-refractivity contribution in [2.24, 2.45) is 7.05 Å². The number of ether oxygens (including phenoxy) is 1. The highest BCUT2D eigenvalue weighted by Gasteiger charge is 2.20. The van der Waals surface area contributed by atoms with Crippen molar-refractivity contribution < 1.29 is 18.3 Å². The Morgan fingerprint density at radius 2 is 1.84 bits per heavy atom. The maximum Gasteiger partial charge on any atom is 0.259 e. The highest BCUT2D eigenvalue weighted by molar-refractivity contribution is 6.08. The van der Waals surface area contributed by atoms with Crippen molar-refractivity contribution in [2.45, 2.75) is 6.92 Å². The molecule has 4 aromatic rings. The van der Waals surface area contributed by atoms with Crippen molar-refractivity contribution in [1.82, 2.24) is 14.8 Å². The van der Waals surface area contributed by atoms with E-state index in [-0.39, 0.29) is 16.8 Å². The maximum absolute atomic E-state index is 14.2. The number of hydrogen-bond acceptors (Lipinski definition) is 4. The van der Waals surface area contributed by atoms with E-state index in [4.69, 9.17) is 4.74 Å². The van der Waals surface area contributed by atoms with E-state index in [1.54, 1.807) is 43.6 Å². The summed E-state index contributed by atoms with van der Waals surface area (Å²) in [4.78, 5) is 17.0. The molecule has 0 aliphatic heterocycles. The quantitative estimate of drug-likeness (QED) is 0.487. The van der Waals surface area contributed by atoms with E-state index in [0.29, 0.717) is 17.3 Å². The molecule has 0 spiro atoms. The molecule has 4 rings (SSSR count). The average molecular weight is 420 g/mol. The van der Waals surface area contributed by atoms with Crippen LogP contribution in [0.25, 0.3) is 11.3 Å². The van der Waals surface area contributed by atoms with E-state index < -0.39 is 17.5 Å². The number of pyridine rings is 1. The summed E-state index contributed by atoms with van der Waals surface area (Å²) in [6, 6.07) is 13.5. The molecular weight excluding hydrogens is 402 g/mol. The van der Waals surface area contributed by atoms with Crippen LogP contribution in [0.3, 0.4) is 0 Å². The predicted octanol–water partition coefficient (Wildman–Crippen LogP) is 5.11. The number of rotatable bonds is 5. The normalized spacial score (nSPS) is 10.7. The number of aromatic nitrogens is 3. The molecule has 0 aliphatic rings. The number of amides is 1. The molecule has 0 bridgehead atoms. The molecule has 1 N–H and O–H groups in total. The van der Waals surface area contributed by atoms with Crippen LogP contribution in [-0.4, -0.2) is 20.7 Å². The van der Waals surface area contributed by atoms with E-state index in [9.17, 15) is 13.6 Å². The fraction of sp³-hybridized carbons (Fsp3) is 0.0870. The first kappa shape index (κ1) is 20.2. The Balaban J connectivity index is 1.51. The Morgan fingerprint density at radius 1 is 1.06 bits per heavy atom. The number of anilines is 1. The summed E-state index contributed by atoms with van der Waals surface area (Å²) >= 11 is 0. The van der Waals surface area contributed by atoms with Gasteiger partial charge in [-0.05, 0) is 48.9 Å². The SMILES string of the molecule is Cc1ccc(Oc2ccc(NC(=O)c3cn(C)nc3-c3ccc(F)cc3F)cc2)nc1. The van der Waals surface area contributed by atoms with Crippen LogP contribution in [0.15, 0.2) is 67.0 Å². The van der Waals surface area contributed by atoms with Gasteiger partial charge in [-0.25, -0.2) is 13.8 Å². The van der Waals surface area contributed by atoms with Gasteiger partial charge in [0.25, 0.3) is 5.91 Å². The fourth-order valence-corrected chi connectivity index (χ4v) is 2.98. The number of nitrogens with zero attached hydrogens (tertiary/aromatic N) is 3. The van der Waals surface area contributed by atoms with Gasteiger partial charge in [0.2, 0.25) is 5.88 Å². The lowest BCUT2D eigenvalue weighted by atomic mass is 10.1. The largest absolute Gasteiger partial charge is 0.439 e. The number of halogens is 2. The third-order valence-corrected chi connectivity index (χ3v) is 4.48. The van der Waals surface area contributed by atoms with Crippen LogP contribution in [0.5, 0.6) is 11.6 Å². The Hall–Kier alpha value is -4.07. The number of carbonyl (C=O) groups is 1. The second-order valence-electron chi connectivity index (χ2n) is 6.94. The molecule has 0 fully saturated rings. The molecule has 0 radical (unpaired) electrons. The summed E-state index contributed by atoms with van der Waals surface area (Å²) in [5, 5.41) is 6.92. The number of carbonyl (C=O) groups excluding carboxylic acids is 1. The molecular formula is C23H18F2N4O2. The Bertz CT molecular complexity index is 1240. The minimum Gasteiger partial charge on any atom is -0.439 e. The summed E-state index contributed by atoms with van der Waals surface area (Å²) in [5.74, 6) is -0.945. The van der Waals surface area contributed by atoms with Crippen LogP contribution >= 0.6 is 0 Å². The van der Waals surface area contributed by atoms with Gasteiger partial charge in [-0.2, -0.15) is 5.10 Å². The van der Waals surface area contributed by atoms with Gasteiger partial charge in [0.1, 0.15) is 23.1 Å². The summed E-state index contributed by atoms with van der Waals surface area (Å²) in [5.41, 5.74) is 1.88. The van der Waals surface area contributed by atoms with Crippen molar-refractivity contribution >= 4 is 11.6 Å². The highest BCUT2D eigenvalue weighted by atomic mass is 19.1. The first-order chi connectivity index (χ1) is 14.9. The first-order valence-electron chi connectivity index (χ1n) is 9.40. The molecule has 2 aromatic heterocycles. The second kappa shape index (κ2) is 8.35. The summed E-state index contributed by atoms with van der Waals surface area (Å²) in [6.07, 6.45) is 3.19. The average Bonchev–Trinajstić information content (AvgIpc) is 3.12. The van der Waals surface area contributed by atoms with Crippen LogP contribution in [0, 0.1) is 18.6 Å². The molecule has 31 heavy (non-hydrogen) atoms. The van der Waals surface area contributed by atoms with Crippen molar-refractivity contribution in [3.8, 4) is 22.9 Å². The lowest BCUT2D eigenvalue weighted by Crippen LogP contribution is -2.12. The monoisotopic (exact) mass is 420 g/mol. The van der Waals surface area contributed by atoms with Crippen LogP contribution < -0.4 is 10.1 Å². The Kier molecular flexibility index (Phi) is 5.44. The molecule has 0 saturated carbocycles. The topological polar surface area (TPSA) is 69.0 Å². The molecule has 6 nitrogen and oxygen atoms in total. The zero-order valence-electron chi connectivity index (χ0n) is 16.8. The van der Waals surface area contributed by atoms with E-state index in [0.717, 1.165) is 17.7 Å². The zero-order chi connectivity index (χ0) is 22.0.